The van der Waals surface area contributed by atoms with Gasteiger partial charge in [-0.3, -0.25) is 4.57 Å². The van der Waals surface area contributed by atoms with Gasteiger partial charge in [0.05, 0.1) is 14.2 Å². The topological polar surface area (TPSA) is 74.3 Å². The first-order chi connectivity index (χ1) is 9.74. The molecule has 0 saturated heterocycles. The van der Waals surface area contributed by atoms with Crippen LogP contribution < -0.4 is 20.5 Å². The third-order valence-corrected chi connectivity index (χ3v) is 3.51. The van der Waals surface area contributed by atoms with Crippen LogP contribution in [0, 0.1) is 0 Å². The summed E-state index contributed by atoms with van der Waals surface area (Å²) in [5, 5.41) is 3.26. The summed E-state index contributed by atoms with van der Waals surface area (Å²) in [6.07, 6.45) is 1.05. The lowest BCUT2D eigenvalue weighted by atomic mass is 10.1. The molecule has 1 aromatic carbocycles. The molecule has 1 aliphatic heterocycles. The Balaban J connectivity index is 2.07. The Bertz CT molecular complexity index is 636. The summed E-state index contributed by atoms with van der Waals surface area (Å²) < 4.78 is 12.6. The number of nitrogen functional groups attached to an aromatic ring is 1. The number of anilines is 2. The highest BCUT2D eigenvalue weighted by Crippen LogP contribution is 2.35. The molecule has 0 atom stereocenters. The van der Waals surface area contributed by atoms with Crippen LogP contribution in [0.15, 0.2) is 18.2 Å². The predicted octanol–water partition coefficient (Wildman–Crippen LogP) is 1.97. The van der Waals surface area contributed by atoms with Crippen LogP contribution in [0.5, 0.6) is 11.5 Å². The Morgan fingerprint density at radius 3 is 2.75 bits per heavy atom. The molecule has 0 saturated carbocycles. The first-order valence-electron chi connectivity index (χ1n) is 6.57. The SMILES string of the molecule is COc1ccc(-c2nc3n(c2N)CCCN3)cc1OC. The van der Waals surface area contributed by atoms with Crippen molar-refractivity contribution >= 4 is 11.8 Å². The molecule has 0 fully saturated rings. The second-order valence-electron chi connectivity index (χ2n) is 4.67. The highest BCUT2D eigenvalue weighted by molar-refractivity contribution is 5.75. The normalized spacial score (nSPS) is 13.5. The number of nitrogens with two attached hydrogens (primary N) is 1. The highest BCUT2D eigenvalue weighted by Gasteiger charge is 2.19. The summed E-state index contributed by atoms with van der Waals surface area (Å²) in [6.45, 7) is 1.83. The van der Waals surface area contributed by atoms with E-state index in [0.717, 1.165) is 36.7 Å². The number of hydrogen-bond donors (Lipinski definition) is 2. The van der Waals surface area contributed by atoms with E-state index >= 15 is 0 Å². The lowest BCUT2D eigenvalue weighted by Crippen LogP contribution is -2.18. The minimum atomic E-state index is 0.670. The van der Waals surface area contributed by atoms with E-state index in [-0.39, 0.29) is 0 Å². The van der Waals surface area contributed by atoms with Crippen molar-refractivity contribution in [2.75, 3.05) is 31.8 Å². The fourth-order valence-electron chi connectivity index (χ4n) is 2.46. The van der Waals surface area contributed by atoms with Gasteiger partial charge in [0.1, 0.15) is 11.5 Å². The molecule has 1 aromatic heterocycles. The molecule has 6 heteroatoms. The lowest BCUT2D eigenvalue weighted by molar-refractivity contribution is 0.355. The third-order valence-electron chi connectivity index (χ3n) is 3.51. The van der Waals surface area contributed by atoms with Crippen molar-refractivity contribution in [3.63, 3.8) is 0 Å². The molecule has 2 aromatic rings. The number of rotatable bonds is 3. The minimum absolute atomic E-state index is 0.670. The van der Waals surface area contributed by atoms with E-state index in [1.165, 1.54) is 0 Å². The van der Waals surface area contributed by atoms with Gasteiger partial charge in [0.2, 0.25) is 5.95 Å². The molecule has 2 heterocycles. The van der Waals surface area contributed by atoms with Gasteiger partial charge >= 0.3 is 0 Å². The molecule has 0 aliphatic carbocycles. The van der Waals surface area contributed by atoms with E-state index in [0.29, 0.717) is 17.3 Å². The molecule has 3 N–H and O–H groups in total. The van der Waals surface area contributed by atoms with E-state index in [9.17, 15) is 0 Å². The van der Waals surface area contributed by atoms with E-state index in [1.54, 1.807) is 14.2 Å². The second kappa shape index (κ2) is 4.96. The fraction of sp³-hybridized carbons (Fsp3) is 0.357. The average Bonchev–Trinajstić information content (AvgIpc) is 2.84. The third kappa shape index (κ3) is 1.93. The van der Waals surface area contributed by atoms with Gasteiger partial charge in [0, 0.05) is 18.7 Å². The maximum absolute atomic E-state index is 6.21. The number of benzene rings is 1. The summed E-state index contributed by atoms with van der Waals surface area (Å²) >= 11 is 0. The fourth-order valence-corrected chi connectivity index (χ4v) is 2.46. The summed E-state index contributed by atoms with van der Waals surface area (Å²) in [5.41, 5.74) is 7.90. The van der Waals surface area contributed by atoms with Crippen LogP contribution >= 0.6 is 0 Å². The standard InChI is InChI=1S/C14H18N4O2/c1-19-10-5-4-9(8-11(10)20-2)12-13(15)18-7-3-6-16-14(18)17-12/h4-5,8H,3,6-7,15H2,1-2H3,(H,16,17). The maximum Gasteiger partial charge on any atom is 0.205 e. The van der Waals surface area contributed by atoms with Crippen molar-refractivity contribution in [3.05, 3.63) is 18.2 Å². The molecule has 20 heavy (non-hydrogen) atoms. The molecule has 106 valence electrons. The van der Waals surface area contributed by atoms with Crippen molar-refractivity contribution in [2.45, 2.75) is 13.0 Å². The van der Waals surface area contributed by atoms with Gasteiger partial charge in [-0.05, 0) is 24.6 Å². The average molecular weight is 274 g/mol. The Hall–Kier alpha value is -2.37. The summed E-state index contributed by atoms with van der Waals surface area (Å²) in [7, 11) is 3.23. The highest BCUT2D eigenvalue weighted by atomic mass is 16.5. The van der Waals surface area contributed by atoms with Crippen LogP contribution in [-0.4, -0.2) is 30.3 Å². The maximum atomic E-state index is 6.21. The largest absolute Gasteiger partial charge is 0.493 e. The summed E-state index contributed by atoms with van der Waals surface area (Å²) in [6, 6.07) is 5.69. The van der Waals surface area contributed by atoms with E-state index < -0.39 is 0 Å². The lowest BCUT2D eigenvalue weighted by Gasteiger charge is -2.15. The predicted molar refractivity (Wildman–Crippen MR) is 78.3 cm³/mol. The van der Waals surface area contributed by atoms with Crippen LogP contribution in [0.3, 0.4) is 0 Å². The quantitative estimate of drug-likeness (QED) is 0.895. The number of nitrogens with one attached hydrogen (secondary N) is 1. The first-order valence-corrected chi connectivity index (χ1v) is 6.57. The van der Waals surface area contributed by atoms with Gasteiger partial charge in [-0.15, -0.1) is 0 Å². The number of hydrogen-bond acceptors (Lipinski definition) is 5. The molecule has 3 rings (SSSR count). The molecule has 0 unspecified atom stereocenters. The smallest absolute Gasteiger partial charge is 0.205 e. The molecular formula is C14H18N4O2. The Morgan fingerprint density at radius 1 is 1.25 bits per heavy atom. The number of aromatic nitrogens is 2. The van der Waals surface area contributed by atoms with Crippen LogP contribution in [-0.2, 0) is 6.54 Å². The molecular weight excluding hydrogens is 256 g/mol. The van der Waals surface area contributed by atoms with Gasteiger partial charge in [0.15, 0.2) is 11.5 Å². The van der Waals surface area contributed by atoms with Crippen molar-refractivity contribution in [1.82, 2.24) is 9.55 Å². The van der Waals surface area contributed by atoms with Crippen LogP contribution in [0.1, 0.15) is 6.42 Å². The molecule has 6 nitrogen and oxygen atoms in total. The molecule has 0 bridgehead atoms. The number of methoxy groups -OCH3 is 2. The van der Waals surface area contributed by atoms with Gasteiger partial charge in [-0.2, -0.15) is 0 Å². The van der Waals surface area contributed by atoms with E-state index in [1.807, 2.05) is 22.8 Å². The van der Waals surface area contributed by atoms with Crippen molar-refractivity contribution < 1.29 is 9.47 Å². The van der Waals surface area contributed by atoms with Crippen molar-refractivity contribution in [2.24, 2.45) is 0 Å². The number of fused-ring (bicyclic) bond motifs is 1. The Morgan fingerprint density at radius 2 is 2.05 bits per heavy atom. The zero-order valence-electron chi connectivity index (χ0n) is 11.6. The Kier molecular flexibility index (Phi) is 3.14. The molecule has 0 radical (unpaired) electrons. The number of nitrogens with zero attached hydrogens (tertiary/aromatic N) is 2. The zero-order valence-corrected chi connectivity index (χ0v) is 11.6. The number of ether oxygens (including phenoxy) is 2. The van der Waals surface area contributed by atoms with Crippen molar-refractivity contribution in [1.29, 1.82) is 0 Å². The second-order valence-corrected chi connectivity index (χ2v) is 4.67. The molecule has 0 amide bonds. The monoisotopic (exact) mass is 274 g/mol. The first kappa shape index (κ1) is 12.7. The van der Waals surface area contributed by atoms with Gasteiger partial charge < -0.3 is 20.5 Å². The molecule has 1 aliphatic rings. The van der Waals surface area contributed by atoms with E-state index in [4.69, 9.17) is 15.2 Å². The van der Waals surface area contributed by atoms with E-state index in [2.05, 4.69) is 10.3 Å². The van der Waals surface area contributed by atoms with Crippen LogP contribution in [0.4, 0.5) is 11.8 Å². The summed E-state index contributed by atoms with van der Waals surface area (Å²) in [5.74, 6) is 2.87. The zero-order chi connectivity index (χ0) is 14.1. The van der Waals surface area contributed by atoms with Gasteiger partial charge in [-0.25, -0.2) is 4.98 Å². The van der Waals surface area contributed by atoms with Gasteiger partial charge in [0.25, 0.3) is 0 Å². The van der Waals surface area contributed by atoms with Crippen molar-refractivity contribution in [3.8, 4) is 22.8 Å². The van der Waals surface area contributed by atoms with Crippen LogP contribution in [0.25, 0.3) is 11.3 Å². The number of imidazole rings is 1. The molecule has 0 spiro atoms. The van der Waals surface area contributed by atoms with Gasteiger partial charge in [-0.1, -0.05) is 0 Å². The summed E-state index contributed by atoms with van der Waals surface area (Å²) in [4.78, 5) is 4.58. The van der Waals surface area contributed by atoms with Crippen LogP contribution in [0.2, 0.25) is 0 Å². The minimum Gasteiger partial charge on any atom is -0.493 e. The Labute approximate surface area is 117 Å².